The number of hydrogen-bond donors (Lipinski definition) is 1. The fraction of sp³-hybridized carbons (Fsp3) is 0.750. The molecule has 0 aromatic carbocycles. The largest absolute Gasteiger partial charge is 0.284 e. The molecular formula is C12H22N2O. The summed E-state index contributed by atoms with van der Waals surface area (Å²) in [5, 5.41) is 2.92. The summed E-state index contributed by atoms with van der Waals surface area (Å²) in [5.41, 5.74) is 1.99. The Bertz CT molecular complexity index is 391. The highest BCUT2D eigenvalue weighted by molar-refractivity contribution is 5.17. The van der Waals surface area contributed by atoms with E-state index < -0.39 is 0 Å². The van der Waals surface area contributed by atoms with Gasteiger partial charge in [-0.3, -0.25) is 14.6 Å². The number of aromatic amines is 1. The van der Waals surface area contributed by atoms with E-state index in [2.05, 4.69) is 39.7 Å². The maximum atomic E-state index is 11.6. The number of rotatable bonds is 2. The van der Waals surface area contributed by atoms with Gasteiger partial charge < -0.3 is 0 Å². The van der Waals surface area contributed by atoms with Gasteiger partial charge in [0.1, 0.15) is 0 Å². The maximum absolute atomic E-state index is 11.6. The molecule has 3 nitrogen and oxygen atoms in total. The molecule has 0 radical (unpaired) electrons. The summed E-state index contributed by atoms with van der Waals surface area (Å²) < 4.78 is 2.00. The Morgan fingerprint density at radius 1 is 1.33 bits per heavy atom. The quantitative estimate of drug-likeness (QED) is 0.800. The summed E-state index contributed by atoms with van der Waals surface area (Å²) in [7, 11) is 0. The van der Waals surface area contributed by atoms with Crippen LogP contribution in [0, 0.1) is 12.8 Å². The lowest BCUT2D eigenvalue weighted by Crippen LogP contribution is -2.27. The van der Waals surface area contributed by atoms with Crippen molar-refractivity contribution in [1.29, 1.82) is 0 Å². The van der Waals surface area contributed by atoms with Gasteiger partial charge in [0.15, 0.2) is 0 Å². The molecule has 0 amide bonds. The molecule has 0 saturated heterocycles. The van der Waals surface area contributed by atoms with Crippen molar-refractivity contribution in [3.8, 4) is 0 Å². The van der Waals surface area contributed by atoms with E-state index in [1.807, 2.05) is 11.6 Å². The van der Waals surface area contributed by atoms with Gasteiger partial charge in [-0.15, -0.1) is 0 Å². The first-order valence-corrected chi connectivity index (χ1v) is 5.54. The SMILES string of the molecule is Cc1c(CC(C)C)n(C(C)(C)C)[nH]c1=O. The molecule has 1 N–H and O–H groups in total. The van der Waals surface area contributed by atoms with Crippen LogP contribution < -0.4 is 5.56 Å². The number of nitrogens with zero attached hydrogens (tertiary/aromatic N) is 1. The van der Waals surface area contributed by atoms with Crippen LogP contribution in [-0.2, 0) is 12.0 Å². The first-order chi connectivity index (χ1) is 6.73. The van der Waals surface area contributed by atoms with Gasteiger partial charge in [-0.25, -0.2) is 0 Å². The first-order valence-electron chi connectivity index (χ1n) is 5.54. The number of hydrogen-bond acceptors (Lipinski definition) is 1. The van der Waals surface area contributed by atoms with Crippen molar-refractivity contribution in [3.05, 3.63) is 21.6 Å². The number of nitrogens with one attached hydrogen (secondary N) is 1. The normalized spacial score (nSPS) is 12.5. The molecule has 1 rings (SSSR count). The average molecular weight is 210 g/mol. The summed E-state index contributed by atoms with van der Waals surface area (Å²) >= 11 is 0. The third kappa shape index (κ3) is 2.52. The average Bonchev–Trinajstić information content (AvgIpc) is 2.30. The molecule has 1 heterocycles. The second kappa shape index (κ2) is 3.87. The summed E-state index contributed by atoms with van der Waals surface area (Å²) in [5.74, 6) is 0.562. The monoisotopic (exact) mass is 210 g/mol. The highest BCUT2D eigenvalue weighted by Gasteiger charge is 2.21. The van der Waals surface area contributed by atoms with Gasteiger partial charge in [-0.1, -0.05) is 13.8 Å². The Morgan fingerprint density at radius 3 is 2.27 bits per heavy atom. The second-order valence-electron chi connectivity index (χ2n) is 5.62. The molecule has 0 atom stereocenters. The van der Waals surface area contributed by atoms with Crippen molar-refractivity contribution >= 4 is 0 Å². The van der Waals surface area contributed by atoms with Crippen molar-refractivity contribution in [1.82, 2.24) is 9.78 Å². The predicted molar refractivity (Wildman–Crippen MR) is 63.3 cm³/mol. The summed E-state index contributed by atoms with van der Waals surface area (Å²) in [6, 6.07) is 0. The van der Waals surface area contributed by atoms with E-state index in [4.69, 9.17) is 0 Å². The predicted octanol–water partition coefficient (Wildman–Crippen LogP) is 2.44. The van der Waals surface area contributed by atoms with E-state index in [9.17, 15) is 4.79 Å². The zero-order valence-electron chi connectivity index (χ0n) is 10.6. The molecule has 86 valence electrons. The fourth-order valence-corrected chi connectivity index (χ4v) is 1.76. The van der Waals surface area contributed by atoms with Crippen molar-refractivity contribution in [2.24, 2.45) is 5.92 Å². The van der Waals surface area contributed by atoms with Gasteiger partial charge in [-0.2, -0.15) is 0 Å². The molecule has 0 saturated carbocycles. The Hall–Kier alpha value is -0.990. The number of aromatic nitrogens is 2. The standard InChI is InChI=1S/C12H22N2O/c1-8(2)7-10-9(3)11(15)13-14(10)12(4,5)6/h8H,7H2,1-6H3,(H,13,15). The molecule has 0 aliphatic carbocycles. The van der Waals surface area contributed by atoms with Crippen LogP contribution in [0.1, 0.15) is 45.9 Å². The lowest BCUT2D eigenvalue weighted by molar-refractivity contribution is 0.336. The van der Waals surface area contributed by atoms with Gasteiger partial charge in [-0.05, 0) is 40.0 Å². The third-order valence-corrected chi connectivity index (χ3v) is 2.53. The van der Waals surface area contributed by atoms with Crippen LogP contribution in [0.4, 0.5) is 0 Å². The van der Waals surface area contributed by atoms with Crippen molar-refractivity contribution in [2.75, 3.05) is 0 Å². The van der Waals surface area contributed by atoms with E-state index in [0.29, 0.717) is 5.92 Å². The van der Waals surface area contributed by atoms with Crippen LogP contribution in [0.15, 0.2) is 4.79 Å². The zero-order chi connectivity index (χ0) is 11.8. The molecule has 0 spiro atoms. The minimum Gasteiger partial charge on any atom is -0.284 e. The van der Waals surface area contributed by atoms with Gasteiger partial charge in [0.05, 0.1) is 5.54 Å². The molecule has 15 heavy (non-hydrogen) atoms. The van der Waals surface area contributed by atoms with Crippen LogP contribution >= 0.6 is 0 Å². The third-order valence-electron chi connectivity index (χ3n) is 2.53. The highest BCUT2D eigenvalue weighted by Crippen LogP contribution is 2.19. The van der Waals surface area contributed by atoms with E-state index in [0.717, 1.165) is 17.7 Å². The lowest BCUT2D eigenvalue weighted by atomic mass is 10.0. The summed E-state index contributed by atoms with van der Waals surface area (Å²) in [6.45, 7) is 12.6. The smallest absolute Gasteiger partial charge is 0.267 e. The van der Waals surface area contributed by atoms with E-state index in [1.54, 1.807) is 0 Å². The molecule has 0 fully saturated rings. The van der Waals surface area contributed by atoms with Crippen LogP contribution in [0.2, 0.25) is 0 Å². The Balaban J connectivity index is 3.28. The lowest BCUT2D eigenvalue weighted by Gasteiger charge is -2.24. The van der Waals surface area contributed by atoms with Crippen LogP contribution in [0.3, 0.4) is 0 Å². The van der Waals surface area contributed by atoms with Crippen LogP contribution in [0.5, 0.6) is 0 Å². The molecule has 3 heteroatoms. The fourth-order valence-electron chi connectivity index (χ4n) is 1.76. The van der Waals surface area contributed by atoms with Gasteiger partial charge in [0.2, 0.25) is 0 Å². The molecular weight excluding hydrogens is 188 g/mol. The highest BCUT2D eigenvalue weighted by atomic mass is 16.1. The minimum absolute atomic E-state index is 0.0422. The maximum Gasteiger partial charge on any atom is 0.267 e. The van der Waals surface area contributed by atoms with E-state index >= 15 is 0 Å². The van der Waals surface area contributed by atoms with Gasteiger partial charge >= 0.3 is 0 Å². The van der Waals surface area contributed by atoms with Crippen LogP contribution in [-0.4, -0.2) is 9.78 Å². The zero-order valence-corrected chi connectivity index (χ0v) is 10.6. The van der Waals surface area contributed by atoms with E-state index in [1.165, 1.54) is 0 Å². The Kier molecular flexibility index (Phi) is 3.12. The molecule has 0 bridgehead atoms. The van der Waals surface area contributed by atoms with Crippen molar-refractivity contribution in [2.45, 2.75) is 53.5 Å². The molecule has 0 aliphatic rings. The molecule has 1 aromatic rings. The van der Waals surface area contributed by atoms with Gasteiger partial charge in [0, 0.05) is 11.3 Å². The summed E-state index contributed by atoms with van der Waals surface area (Å²) in [6.07, 6.45) is 0.946. The van der Waals surface area contributed by atoms with Gasteiger partial charge in [0.25, 0.3) is 5.56 Å². The summed E-state index contributed by atoms with van der Waals surface area (Å²) in [4.78, 5) is 11.6. The van der Waals surface area contributed by atoms with Crippen LogP contribution in [0.25, 0.3) is 0 Å². The molecule has 0 unspecified atom stereocenters. The topological polar surface area (TPSA) is 37.8 Å². The first kappa shape index (κ1) is 12.1. The van der Waals surface area contributed by atoms with Crippen molar-refractivity contribution < 1.29 is 0 Å². The van der Waals surface area contributed by atoms with Crippen molar-refractivity contribution in [3.63, 3.8) is 0 Å². The Morgan fingerprint density at radius 2 is 1.87 bits per heavy atom. The second-order valence-corrected chi connectivity index (χ2v) is 5.62. The Labute approximate surface area is 91.5 Å². The number of H-pyrrole nitrogens is 1. The molecule has 1 aromatic heterocycles. The van der Waals surface area contributed by atoms with E-state index in [-0.39, 0.29) is 11.1 Å². The molecule has 0 aliphatic heterocycles. The minimum atomic E-state index is -0.0579.